The van der Waals surface area contributed by atoms with E-state index in [9.17, 15) is 9.59 Å². The highest BCUT2D eigenvalue weighted by Gasteiger charge is 2.45. The molecule has 0 aromatic heterocycles. The third-order valence-corrected chi connectivity index (χ3v) is 3.88. The van der Waals surface area contributed by atoms with Crippen molar-refractivity contribution in [1.82, 2.24) is 10.6 Å². The van der Waals surface area contributed by atoms with E-state index in [1.165, 1.54) is 6.92 Å². The van der Waals surface area contributed by atoms with Crippen LogP contribution in [0.3, 0.4) is 0 Å². The standard InChI is InChI=1S/C9H13BrN2O2/c1-4(13)11-8-6(10)2-5-3-7(8)12-9(5)14/h5-8H,2-3H2,1H3,(H,11,13)(H,12,14). The van der Waals surface area contributed by atoms with Crippen molar-refractivity contribution in [3.05, 3.63) is 0 Å². The molecule has 1 aliphatic carbocycles. The molecule has 78 valence electrons. The van der Waals surface area contributed by atoms with Gasteiger partial charge in [-0.3, -0.25) is 9.59 Å². The topological polar surface area (TPSA) is 58.2 Å². The Morgan fingerprint density at radius 2 is 2.29 bits per heavy atom. The number of fused-ring (bicyclic) bond motifs is 2. The van der Waals surface area contributed by atoms with Crippen LogP contribution in [0.2, 0.25) is 0 Å². The Labute approximate surface area is 90.9 Å². The molecule has 4 nitrogen and oxygen atoms in total. The van der Waals surface area contributed by atoms with Crippen molar-refractivity contribution in [2.45, 2.75) is 36.7 Å². The van der Waals surface area contributed by atoms with Gasteiger partial charge < -0.3 is 10.6 Å². The molecule has 0 aromatic carbocycles. The molecule has 0 radical (unpaired) electrons. The van der Waals surface area contributed by atoms with Crippen molar-refractivity contribution < 1.29 is 9.59 Å². The van der Waals surface area contributed by atoms with E-state index in [-0.39, 0.29) is 34.6 Å². The van der Waals surface area contributed by atoms with Crippen LogP contribution >= 0.6 is 15.9 Å². The largest absolute Gasteiger partial charge is 0.351 e. The number of rotatable bonds is 1. The second-order valence-electron chi connectivity index (χ2n) is 4.03. The Bertz CT molecular complexity index is 282. The summed E-state index contributed by atoms with van der Waals surface area (Å²) in [4.78, 5) is 22.6. The van der Waals surface area contributed by atoms with Crippen LogP contribution in [-0.4, -0.2) is 28.7 Å². The van der Waals surface area contributed by atoms with Gasteiger partial charge in [0.2, 0.25) is 11.8 Å². The SMILES string of the molecule is CC(=O)NC1C(Br)CC2CC1NC2=O. The molecule has 4 unspecified atom stereocenters. The van der Waals surface area contributed by atoms with Crippen molar-refractivity contribution in [2.24, 2.45) is 5.92 Å². The number of alkyl halides is 1. The third kappa shape index (κ3) is 1.65. The number of nitrogens with one attached hydrogen (secondary N) is 2. The maximum atomic E-state index is 11.4. The van der Waals surface area contributed by atoms with Crippen molar-refractivity contribution >= 4 is 27.7 Å². The summed E-state index contributed by atoms with van der Waals surface area (Å²) in [5.74, 6) is 0.223. The Morgan fingerprint density at radius 1 is 1.57 bits per heavy atom. The van der Waals surface area contributed by atoms with Gasteiger partial charge in [-0.15, -0.1) is 0 Å². The van der Waals surface area contributed by atoms with Gasteiger partial charge in [0, 0.05) is 17.7 Å². The summed E-state index contributed by atoms with van der Waals surface area (Å²) in [7, 11) is 0. The molecule has 0 spiro atoms. The normalized spacial score (nSPS) is 40.6. The van der Waals surface area contributed by atoms with E-state index in [4.69, 9.17) is 0 Å². The van der Waals surface area contributed by atoms with E-state index in [2.05, 4.69) is 26.6 Å². The van der Waals surface area contributed by atoms with E-state index in [0.717, 1.165) is 12.8 Å². The zero-order valence-electron chi connectivity index (χ0n) is 7.92. The van der Waals surface area contributed by atoms with Crippen molar-refractivity contribution in [3.8, 4) is 0 Å². The van der Waals surface area contributed by atoms with Gasteiger partial charge in [-0.05, 0) is 12.8 Å². The second kappa shape index (κ2) is 3.53. The lowest BCUT2D eigenvalue weighted by Crippen LogP contribution is -2.52. The van der Waals surface area contributed by atoms with Gasteiger partial charge in [-0.25, -0.2) is 0 Å². The molecule has 1 heterocycles. The molecule has 0 aromatic rings. The first kappa shape index (κ1) is 9.96. The van der Waals surface area contributed by atoms with Crippen molar-refractivity contribution in [2.75, 3.05) is 0 Å². The Morgan fingerprint density at radius 3 is 2.93 bits per heavy atom. The molecule has 2 N–H and O–H groups in total. The fourth-order valence-corrected chi connectivity index (χ4v) is 3.26. The van der Waals surface area contributed by atoms with Crippen LogP contribution in [-0.2, 0) is 9.59 Å². The number of carbonyl (C=O) groups is 2. The number of amides is 2. The van der Waals surface area contributed by atoms with Crippen LogP contribution in [0.4, 0.5) is 0 Å². The molecule has 2 fully saturated rings. The van der Waals surface area contributed by atoms with Crippen LogP contribution in [0.15, 0.2) is 0 Å². The summed E-state index contributed by atoms with van der Waals surface area (Å²) in [6.45, 7) is 1.50. The van der Waals surface area contributed by atoms with E-state index >= 15 is 0 Å². The molecule has 5 heteroatoms. The molecular weight excluding hydrogens is 248 g/mol. The maximum absolute atomic E-state index is 11.4. The third-order valence-electron chi connectivity index (χ3n) is 2.94. The molecule has 1 aliphatic heterocycles. The van der Waals surface area contributed by atoms with Gasteiger partial charge in [0.25, 0.3) is 0 Å². The molecule has 2 amide bonds. The fraction of sp³-hybridized carbons (Fsp3) is 0.778. The van der Waals surface area contributed by atoms with Gasteiger partial charge in [0.15, 0.2) is 0 Å². The molecule has 2 rings (SSSR count). The summed E-state index contributed by atoms with van der Waals surface area (Å²) in [6, 6.07) is 0.143. The number of hydrogen-bond acceptors (Lipinski definition) is 2. The first-order valence-electron chi connectivity index (χ1n) is 4.79. The molecule has 2 bridgehead atoms. The molecule has 4 atom stereocenters. The number of halogens is 1. The van der Waals surface area contributed by atoms with E-state index in [1.807, 2.05) is 0 Å². The zero-order chi connectivity index (χ0) is 10.3. The molecular formula is C9H13BrN2O2. The Kier molecular flexibility index (Phi) is 2.51. The van der Waals surface area contributed by atoms with Gasteiger partial charge in [0.1, 0.15) is 0 Å². The summed E-state index contributed by atoms with van der Waals surface area (Å²) in [6.07, 6.45) is 1.67. The predicted octanol–water partition coefficient (Wildman–Crippen LogP) is 0.163. The van der Waals surface area contributed by atoms with E-state index in [1.54, 1.807) is 0 Å². The van der Waals surface area contributed by atoms with Gasteiger partial charge in [0.05, 0.1) is 12.1 Å². The lowest BCUT2D eigenvalue weighted by molar-refractivity contribution is -0.122. The average molecular weight is 261 g/mol. The van der Waals surface area contributed by atoms with Crippen LogP contribution in [0.5, 0.6) is 0 Å². The first-order valence-corrected chi connectivity index (χ1v) is 5.71. The first-order chi connectivity index (χ1) is 6.58. The Balaban J connectivity index is 2.10. The lowest BCUT2D eigenvalue weighted by Gasteiger charge is -2.32. The predicted molar refractivity (Wildman–Crippen MR) is 55.0 cm³/mol. The molecule has 1 saturated heterocycles. The highest BCUT2D eigenvalue weighted by atomic mass is 79.9. The fourth-order valence-electron chi connectivity index (χ4n) is 2.31. The Hall–Kier alpha value is -0.580. The van der Waals surface area contributed by atoms with Gasteiger partial charge in [-0.1, -0.05) is 15.9 Å². The van der Waals surface area contributed by atoms with Crippen molar-refractivity contribution in [1.29, 1.82) is 0 Å². The van der Waals surface area contributed by atoms with Gasteiger partial charge in [-0.2, -0.15) is 0 Å². The highest BCUT2D eigenvalue weighted by Crippen LogP contribution is 2.34. The summed E-state index contributed by atoms with van der Waals surface area (Å²) in [5, 5.41) is 5.80. The highest BCUT2D eigenvalue weighted by molar-refractivity contribution is 9.09. The zero-order valence-corrected chi connectivity index (χ0v) is 9.50. The van der Waals surface area contributed by atoms with Crippen LogP contribution in [0, 0.1) is 5.92 Å². The smallest absolute Gasteiger partial charge is 0.223 e. The summed E-state index contributed by atoms with van der Waals surface area (Å²) < 4.78 is 0. The minimum absolute atomic E-state index is 0.0372. The molecule has 14 heavy (non-hydrogen) atoms. The second-order valence-corrected chi connectivity index (χ2v) is 5.20. The van der Waals surface area contributed by atoms with E-state index < -0.39 is 0 Å². The maximum Gasteiger partial charge on any atom is 0.223 e. The minimum Gasteiger partial charge on any atom is -0.351 e. The minimum atomic E-state index is -0.0425. The number of hydrogen-bond donors (Lipinski definition) is 2. The number of carbonyl (C=O) groups excluding carboxylic acids is 2. The van der Waals surface area contributed by atoms with Crippen LogP contribution < -0.4 is 10.6 Å². The van der Waals surface area contributed by atoms with Crippen molar-refractivity contribution in [3.63, 3.8) is 0 Å². The van der Waals surface area contributed by atoms with E-state index in [0.29, 0.717) is 0 Å². The van der Waals surface area contributed by atoms with Crippen LogP contribution in [0.25, 0.3) is 0 Å². The summed E-state index contributed by atoms with van der Waals surface area (Å²) in [5.41, 5.74) is 0. The molecule has 2 aliphatic rings. The lowest BCUT2D eigenvalue weighted by atomic mass is 9.86. The van der Waals surface area contributed by atoms with Gasteiger partial charge >= 0.3 is 0 Å². The quantitative estimate of drug-likeness (QED) is 0.661. The summed E-state index contributed by atoms with van der Waals surface area (Å²) >= 11 is 3.52. The monoisotopic (exact) mass is 260 g/mol. The van der Waals surface area contributed by atoms with Crippen LogP contribution in [0.1, 0.15) is 19.8 Å². The molecule has 1 saturated carbocycles. The average Bonchev–Trinajstić information content (AvgIpc) is 2.38.